The van der Waals surface area contributed by atoms with Gasteiger partial charge in [-0.25, -0.2) is 0 Å². The number of pyridine rings is 1. The van der Waals surface area contributed by atoms with Crippen LogP contribution in [0.1, 0.15) is 18.3 Å². The van der Waals surface area contributed by atoms with Gasteiger partial charge in [-0.3, -0.25) is 9.78 Å². The summed E-state index contributed by atoms with van der Waals surface area (Å²) >= 11 is 0. The molecule has 2 rings (SSSR count). The van der Waals surface area contributed by atoms with Crippen LogP contribution in [0, 0.1) is 6.92 Å². The first-order valence-corrected chi connectivity index (χ1v) is 6.11. The van der Waals surface area contributed by atoms with Gasteiger partial charge in [-0.15, -0.1) is 0 Å². The number of carbonyl (C=O) groups is 1. The normalized spacial score (nSPS) is 17.0. The van der Waals surface area contributed by atoms with Crippen LogP contribution in [0.5, 0.6) is 0 Å². The molecule has 1 aromatic heterocycles. The lowest BCUT2D eigenvalue weighted by Crippen LogP contribution is -2.59. The first-order valence-electron chi connectivity index (χ1n) is 6.11. The van der Waals surface area contributed by atoms with Gasteiger partial charge in [0.15, 0.2) is 0 Å². The molecule has 1 amide bonds. The third-order valence-electron chi connectivity index (χ3n) is 2.96. The van der Waals surface area contributed by atoms with E-state index >= 15 is 0 Å². The number of ether oxygens (including phenoxy) is 1. The van der Waals surface area contributed by atoms with Gasteiger partial charge in [-0.05, 0) is 26.0 Å². The van der Waals surface area contributed by atoms with Crippen LogP contribution in [0.4, 0.5) is 0 Å². The molecule has 0 atom stereocenters. The van der Waals surface area contributed by atoms with Crippen molar-refractivity contribution in [2.75, 3.05) is 19.7 Å². The van der Waals surface area contributed by atoms with E-state index in [4.69, 9.17) is 4.74 Å². The molecule has 0 bridgehead atoms. The highest BCUT2D eigenvalue weighted by atomic mass is 16.5. The number of hydrogen-bond donors (Lipinski definition) is 2. The smallest absolute Gasteiger partial charge is 0.246 e. The average molecular weight is 249 g/mol. The molecule has 1 aliphatic heterocycles. The van der Waals surface area contributed by atoms with E-state index in [9.17, 15) is 4.79 Å². The molecule has 0 aromatic carbocycles. The molecule has 1 saturated heterocycles. The van der Waals surface area contributed by atoms with Crippen LogP contribution in [0.2, 0.25) is 0 Å². The fourth-order valence-corrected chi connectivity index (χ4v) is 1.76. The third kappa shape index (κ3) is 3.51. The minimum absolute atomic E-state index is 0.101. The summed E-state index contributed by atoms with van der Waals surface area (Å²) in [4.78, 5) is 15.9. The zero-order valence-corrected chi connectivity index (χ0v) is 10.8. The Morgan fingerprint density at radius 2 is 2.33 bits per heavy atom. The minimum atomic E-state index is -0.182. The van der Waals surface area contributed by atoms with E-state index < -0.39 is 0 Å². The van der Waals surface area contributed by atoms with Crippen molar-refractivity contribution in [1.82, 2.24) is 15.6 Å². The van der Waals surface area contributed by atoms with Crippen molar-refractivity contribution in [2.24, 2.45) is 0 Å². The van der Waals surface area contributed by atoms with Gasteiger partial charge < -0.3 is 15.4 Å². The Bertz CT molecular complexity index is 430. The summed E-state index contributed by atoms with van der Waals surface area (Å²) in [7, 11) is 0. The lowest BCUT2D eigenvalue weighted by Gasteiger charge is -2.38. The highest BCUT2D eigenvalue weighted by molar-refractivity contribution is 5.77. The molecule has 0 aliphatic carbocycles. The quantitative estimate of drug-likeness (QED) is 0.792. The summed E-state index contributed by atoms with van der Waals surface area (Å²) in [6, 6.07) is 5.76. The van der Waals surface area contributed by atoms with E-state index in [2.05, 4.69) is 15.6 Å². The number of rotatable bonds is 5. The summed E-state index contributed by atoms with van der Waals surface area (Å²) in [5.41, 5.74) is 1.63. The predicted molar refractivity (Wildman–Crippen MR) is 68.0 cm³/mol. The largest absolute Gasteiger partial charge is 0.363 e. The summed E-state index contributed by atoms with van der Waals surface area (Å²) in [6.45, 7) is 6.08. The van der Waals surface area contributed by atoms with Crippen LogP contribution in [0.3, 0.4) is 0 Å². The molecule has 1 fully saturated rings. The molecular formula is C13H19N3O2. The number of nitrogens with zero attached hydrogens (tertiary/aromatic N) is 1. The predicted octanol–water partition coefficient (Wildman–Crippen LogP) is 0.385. The van der Waals surface area contributed by atoms with Gasteiger partial charge in [0.1, 0.15) is 6.61 Å². The zero-order valence-electron chi connectivity index (χ0n) is 10.8. The van der Waals surface area contributed by atoms with E-state index in [1.54, 1.807) is 0 Å². The van der Waals surface area contributed by atoms with Gasteiger partial charge in [0.2, 0.25) is 5.91 Å². The second kappa shape index (κ2) is 5.46. The van der Waals surface area contributed by atoms with Gasteiger partial charge in [0, 0.05) is 18.8 Å². The standard InChI is InChI=1S/C13H19N3O2/c1-10-4-3-5-11(16-10)6-15-12(17)7-18-13(2)8-14-9-13/h3-5,14H,6-9H2,1-2H3,(H,15,17). The van der Waals surface area contributed by atoms with Crippen molar-refractivity contribution in [1.29, 1.82) is 0 Å². The van der Waals surface area contributed by atoms with Crippen LogP contribution in [-0.4, -0.2) is 36.2 Å². The fraction of sp³-hybridized carbons (Fsp3) is 0.538. The van der Waals surface area contributed by atoms with Crippen LogP contribution in [0.15, 0.2) is 18.2 Å². The molecule has 2 N–H and O–H groups in total. The Balaban J connectivity index is 1.71. The second-order valence-corrected chi connectivity index (χ2v) is 4.89. The molecule has 2 heterocycles. The first kappa shape index (κ1) is 13.0. The van der Waals surface area contributed by atoms with Crippen molar-refractivity contribution < 1.29 is 9.53 Å². The van der Waals surface area contributed by atoms with Gasteiger partial charge in [-0.1, -0.05) is 6.07 Å². The van der Waals surface area contributed by atoms with Crippen LogP contribution in [-0.2, 0) is 16.1 Å². The van der Waals surface area contributed by atoms with Crippen molar-refractivity contribution >= 4 is 5.91 Å². The molecule has 1 aromatic rings. The molecule has 0 radical (unpaired) electrons. The third-order valence-corrected chi connectivity index (χ3v) is 2.96. The maximum absolute atomic E-state index is 11.6. The first-order chi connectivity index (χ1) is 8.57. The van der Waals surface area contributed by atoms with Gasteiger partial charge >= 0.3 is 0 Å². The van der Waals surface area contributed by atoms with Crippen molar-refractivity contribution in [2.45, 2.75) is 26.0 Å². The Hall–Kier alpha value is -1.46. The zero-order chi connectivity index (χ0) is 13.0. The Morgan fingerprint density at radius 3 is 2.94 bits per heavy atom. The molecule has 0 saturated carbocycles. The summed E-state index contributed by atoms with van der Waals surface area (Å²) in [5, 5.41) is 5.92. The van der Waals surface area contributed by atoms with E-state index in [1.165, 1.54) is 0 Å². The number of carbonyl (C=O) groups excluding carboxylic acids is 1. The summed E-state index contributed by atoms with van der Waals surface area (Å²) < 4.78 is 5.54. The molecule has 98 valence electrons. The van der Waals surface area contributed by atoms with Crippen LogP contribution in [0.25, 0.3) is 0 Å². The Morgan fingerprint density at radius 1 is 1.56 bits per heavy atom. The lowest BCUT2D eigenvalue weighted by atomic mass is 10.0. The van der Waals surface area contributed by atoms with Crippen LogP contribution < -0.4 is 10.6 Å². The van der Waals surface area contributed by atoms with E-state index in [0.717, 1.165) is 24.5 Å². The number of aromatic nitrogens is 1. The maximum atomic E-state index is 11.6. The molecule has 5 nitrogen and oxygen atoms in total. The highest BCUT2D eigenvalue weighted by Gasteiger charge is 2.32. The van der Waals surface area contributed by atoms with Gasteiger partial charge in [-0.2, -0.15) is 0 Å². The van der Waals surface area contributed by atoms with Crippen LogP contribution >= 0.6 is 0 Å². The summed E-state index contributed by atoms with van der Waals surface area (Å²) in [5.74, 6) is -0.105. The number of amides is 1. The molecule has 5 heteroatoms. The minimum Gasteiger partial charge on any atom is -0.363 e. The van der Waals surface area contributed by atoms with Crippen molar-refractivity contribution in [3.63, 3.8) is 0 Å². The van der Waals surface area contributed by atoms with E-state index in [1.807, 2.05) is 32.0 Å². The van der Waals surface area contributed by atoms with E-state index in [0.29, 0.717) is 6.54 Å². The number of nitrogens with one attached hydrogen (secondary N) is 2. The molecule has 18 heavy (non-hydrogen) atoms. The SMILES string of the molecule is Cc1cccc(CNC(=O)COC2(C)CNC2)n1. The van der Waals surface area contributed by atoms with Gasteiger partial charge in [0.25, 0.3) is 0 Å². The van der Waals surface area contributed by atoms with Gasteiger partial charge in [0.05, 0.1) is 17.8 Å². The van der Waals surface area contributed by atoms with E-state index in [-0.39, 0.29) is 18.1 Å². The molecule has 1 aliphatic rings. The lowest BCUT2D eigenvalue weighted by molar-refractivity contribution is -0.136. The van der Waals surface area contributed by atoms with Crippen molar-refractivity contribution in [3.8, 4) is 0 Å². The molecular weight excluding hydrogens is 230 g/mol. The average Bonchev–Trinajstić information content (AvgIpc) is 2.31. The monoisotopic (exact) mass is 249 g/mol. The molecule has 0 spiro atoms. The maximum Gasteiger partial charge on any atom is 0.246 e. The summed E-state index contributed by atoms with van der Waals surface area (Å²) in [6.07, 6.45) is 0. The topological polar surface area (TPSA) is 63.2 Å². The Labute approximate surface area is 107 Å². The Kier molecular flexibility index (Phi) is 3.93. The highest BCUT2D eigenvalue weighted by Crippen LogP contribution is 2.14. The van der Waals surface area contributed by atoms with Crippen molar-refractivity contribution in [3.05, 3.63) is 29.6 Å². The fourth-order valence-electron chi connectivity index (χ4n) is 1.76. The number of aryl methyl sites for hydroxylation is 1. The molecule has 0 unspecified atom stereocenters. The second-order valence-electron chi connectivity index (χ2n) is 4.89. The number of hydrogen-bond acceptors (Lipinski definition) is 4.